The Kier molecular flexibility index (Phi) is 3.85. The summed E-state index contributed by atoms with van der Waals surface area (Å²) < 4.78 is 40.4. The number of aromatic nitrogens is 2. The van der Waals surface area contributed by atoms with Gasteiger partial charge in [0.2, 0.25) is 0 Å². The average Bonchev–Trinajstić information content (AvgIpc) is 2.85. The molecule has 23 heavy (non-hydrogen) atoms. The number of benzene rings is 2. The molecule has 0 unspecified atom stereocenters. The summed E-state index contributed by atoms with van der Waals surface area (Å²) in [6, 6.07) is 11.1. The number of aliphatic hydroxyl groups excluding tert-OH is 1. The van der Waals surface area contributed by atoms with E-state index in [-0.39, 0.29) is 18.7 Å². The molecule has 0 amide bonds. The Morgan fingerprint density at radius 3 is 2.57 bits per heavy atom. The number of hydrogen-bond acceptors (Lipinski definition) is 2. The van der Waals surface area contributed by atoms with Crippen molar-refractivity contribution in [3.8, 4) is 11.4 Å². The molecule has 6 heteroatoms. The van der Waals surface area contributed by atoms with Crippen LogP contribution in [0.1, 0.15) is 11.1 Å². The van der Waals surface area contributed by atoms with Gasteiger partial charge < -0.3 is 9.67 Å². The van der Waals surface area contributed by atoms with Gasteiger partial charge in [-0.3, -0.25) is 0 Å². The van der Waals surface area contributed by atoms with Crippen molar-refractivity contribution < 1.29 is 18.3 Å². The van der Waals surface area contributed by atoms with E-state index in [1.54, 1.807) is 4.57 Å². The van der Waals surface area contributed by atoms with E-state index in [9.17, 15) is 18.3 Å². The van der Waals surface area contributed by atoms with Crippen LogP contribution in [0.4, 0.5) is 13.2 Å². The lowest BCUT2D eigenvalue weighted by Gasteiger charge is -2.09. The van der Waals surface area contributed by atoms with Gasteiger partial charge >= 0.3 is 6.18 Å². The van der Waals surface area contributed by atoms with Crippen molar-refractivity contribution in [1.82, 2.24) is 9.55 Å². The van der Waals surface area contributed by atoms with E-state index >= 15 is 0 Å². The van der Waals surface area contributed by atoms with Crippen LogP contribution in [0.15, 0.2) is 42.5 Å². The van der Waals surface area contributed by atoms with Gasteiger partial charge in [-0.2, -0.15) is 13.2 Å². The Balaban J connectivity index is 2.22. The fraction of sp³-hybridized carbons (Fsp3) is 0.235. The van der Waals surface area contributed by atoms with Crippen LogP contribution in [-0.2, 0) is 12.7 Å². The minimum Gasteiger partial charge on any atom is -0.395 e. The first-order valence-corrected chi connectivity index (χ1v) is 7.15. The standard InChI is InChI=1S/C17H15F3N2O/c1-11-3-2-4-12(9-11)16-21-14-10-13(17(18,19)20)5-6-15(14)22(16)7-8-23/h2-6,9-10,23H,7-8H2,1H3. The number of fused-ring (bicyclic) bond motifs is 1. The highest BCUT2D eigenvalue weighted by Crippen LogP contribution is 2.33. The van der Waals surface area contributed by atoms with Crippen molar-refractivity contribution in [2.75, 3.05) is 6.61 Å². The molecular formula is C17H15F3N2O. The average molecular weight is 320 g/mol. The number of aliphatic hydroxyl groups is 1. The number of imidazole rings is 1. The molecule has 0 bridgehead atoms. The SMILES string of the molecule is Cc1cccc(-c2nc3cc(C(F)(F)F)ccc3n2CCO)c1. The first kappa shape index (κ1) is 15.6. The number of alkyl halides is 3. The maximum absolute atomic E-state index is 12.9. The summed E-state index contributed by atoms with van der Waals surface area (Å²) in [6.45, 7) is 2.08. The monoisotopic (exact) mass is 320 g/mol. The van der Waals surface area contributed by atoms with Crippen LogP contribution in [-0.4, -0.2) is 21.3 Å². The van der Waals surface area contributed by atoms with Crippen molar-refractivity contribution in [2.45, 2.75) is 19.6 Å². The second-order valence-corrected chi connectivity index (χ2v) is 5.38. The molecule has 120 valence electrons. The predicted molar refractivity (Wildman–Crippen MR) is 82.0 cm³/mol. The van der Waals surface area contributed by atoms with Gasteiger partial charge in [-0.05, 0) is 31.2 Å². The molecule has 0 aliphatic carbocycles. The first-order valence-electron chi connectivity index (χ1n) is 7.15. The van der Waals surface area contributed by atoms with Gasteiger partial charge in [0.1, 0.15) is 5.82 Å². The molecule has 1 heterocycles. The summed E-state index contributed by atoms with van der Waals surface area (Å²) >= 11 is 0. The van der Waals surface area contributed by atoms with E-state index < -0.39 is 11.7 Å². The Labute approximate surface area is 131 Å². The normalized spacial score (nSPS) is 12.0. The van der Waals surface area contributed by atoms with Gasteiger partial charge in [0, 0.05) is 12.1 Å². The molecule has 1 N–H and O–H groups in total. The second kappa shape index (κ2) is 5.70. The quantitative estimate of drug-likeness (QED) is 0.791. The molecule has 0 spiro atoms. The highest BCUT2D eigenvalue weighted by Gasteiger charge is 2.31. The van der Waals surface area contributed by atoms with Crippen LogP contribution in [0.25, 0.3) is 22.4 Å². The zero-order valence-corrected chi connectivity index (χ0v) is 12.4. The van der Waals surface area contributed by atoms with Gasteiger partial charge in [0.05, 0.1) is 23.2 Å². The molecule has 0 aliphatic rings. The van der Waals surface area contributed by atoms with Gasteiger partial charge in [-0.25, -0.2) is 4.98 Å². The van der Waals surface area contributed by atoms with Crippen molar-refractivity contribution in [2.24, 2.45) is 0 Å². The maximum Gasteiger partial charge on any atom is 0.416 e. The summed E-state index contributed by atoms with van der Waals surface area (Å²) in [7, 11) is 0. The highest BCUT2D eigenvalue weighted by atomic mass is 19.4. The van der Waals surface area contributed by atoms with Crippen molar-refractivity contribution in [3.05, 3.63) is 53.6 Å². The largest absolute Gasteiger partial charge is 0.416 e. The summed E-state index contributed by atoms with van der Waals surface area (Å²) in [5, 5.41) is 9.28. The Bertz CT molecular complexity index is 853. The Hall–Kier alpha value is -2.34. The molecule has 3 rings (SSSR count). The van der Waals surface area contributed by atoms with Crippen LogP contribution < -0.4 is 0 Å². The lowest BCUT2D eigenvalue weighted by atomic mass is 10.1. The minimum atomic E-state index is -4.40. The molecule has 0 atom stereocenters. The zero-order valence-electron chi connectivity index (χ0n) is 12.4. The molecule has 0 fully saturated rings. The third kappa shape index (κ3) is 2.94. The van der Waals surface area contributed by atoms with Gasteiger partial charge in [-0.15, -0.1) is 0 Å². The van der Waals surface area contributed by atoms with Crippen LogP contribution in [0.2, 0.25) is 0 Å². The van der Waals surface area contributed by atoms with E-state index in [0.717, 1.165) is 23.3 Å². The molecule has 2 aromatic carbocycles. The molecule has 0 saturated heterocycles. The van der Waals surface area contributed by atoms with Crippen LogP contribution in [0.3, 0.4) is 0 Å². The van der Waals surface area contributed by atoms with E-state index in [4.69, 9.17) is 0 Å². The van der Waals surface area contributed by atoms with Crippen LogP contribution in [0.5, 0.6) is 0 Å². The van der Waals surface area contributed by atoms with Gasteiger partial charge in [-0.1, -0.05) is 23.8 Å². The lowest BCUT2D eigenvalue weighted by Crippen LogP contribution is -2.06. The molecule has 3 aromatic rings. The second-order valence-electron chi connectivity index (χ2n) is 5.38. The van der Waals surface area contributed by atoms with Gasteiger partial charge in [0.15, 0.2) is 0 Å². The van der Waals surface area contributed by atoms with Gasteiger partial charge in [0.25, 0.3) is 0 Å². The molecule has 1 aromatic heterocycles. The predicted octanol–water partition coefficient (Wildman–Crippen LogP) is 4.02. The number of rotatable bonds is 3. The third-order valence-electron chi connectivity index (χ3n) is 3.68. The summed E-state index contributed by atoms with van der Waals surface area (Å²) in [4.78, 5) is 4.37. The fourth-order valence-corrected chi connectivity index (χ4v) is 2.64. The lowest BCUT2D eigenvalue weighted by molar-refractivity contribution is -0.137. The Morgan fingerprint density at radius 1 is 1.13 bits per heavy atom. The van der Waals surface area contributed by atoms with E-state index in [1.165, 1.54) is 6.07 Å². The maximum atomic E-state index is 12.9. The third-order valence-corrected chi connectivity index (χ3v) is 3.68. The first-order chi connectivity index (χ1) is 10.9. The number of aryl methyl sites for hydroxylation is 1. The van der Waals surface area contributed by atoms with Crippen LogP contribution >= 0.6 is 0 Å². The number of nitrogens with zero attached hydrogens (tertiary/aromatic N) is 2. The van der Waals surface area contributed by atoms with E-state index in [2.05, 4.69) is 4.98 Å². The Morgan fingerprint density at radius 2 is 1.91 bits per heavy atom. The summed E-state index contributed by atoms with van der Waals surface area (Å²) in [5.41, 5.74) is 1.95. The topological polar surface area (TPSA) is 38.0 Å². The molecule has 3 nitrogen and oxygen atoms in total. The van der Waals surface area contributed by atoms with Crippen molar-refractivity contribution >= 4 is 11.0 Å². The van der Waals surface area contributed by atoms with Crippen molar-refractivity contribution in [3.63, 3.8) is 0 Å². The smallest absolute Gasteiger partial charge is 0.395 e. The zero-order chi connectivity index (χ0) is 16.6. The molecule has 0 aliphatic heterocycles. The number of hydrogen-bond donors (Lipinski definition) is 1. The van der Waals surface area contributed by atoms with Crippen molar-refractivity contribution in [1.29, 1.82) is 0 Å². The van der Waals surface area contributed by atoms with E-state index in [1.807, 2.05) is 31.2 Å². The van der Waals surface area contributed by atoms with E-state index in [0.29, 0.717) is 11.3 Å². The molecular weight excluding hydrogens is 305 g/mol. The minimum absolute atomic E-state index is 0.120. The number of halogens is 3. The van der Waals surface area contributed by atoms with Crippen LogP contribution in [0, 0.1) is 6.92 Å². The summed E-state index contributed by atoms with van der Waals surface area (Å²) in [5.74, 6) is 0.553. The molecule has 0 radical (unpaired) electrons. The molecule has 0 saturated carbocycles. The summed E-state index contributed by atoms with van der Waals surface area (Å²) in [6.07, 6.45) is -4.40. The highest BCUT2D eigenvalue weighted by molar-refractivity contribution is 5.81. The fourth-order valence-electron chi connectivity index (χ4n) is 2.64.